The molecule has 55 heavy (non-hydrogen) atoms. The molecule has 0 atom stereocenters. The van der Waals surface area contributed by atoms with Gasteiger partial charge in [0.2, 0.25) is 0 Å². The molecule has 1 aromatic heterocycles. The minimum absolute atomic E-state index is 0.107. The Bertz CT molecular complexity index is 2920. The van der Waals surface area contributed by atoms with Crippen LogP contribution < -0.4 is 4.90 Å². The zero-order valence-electron chi connectivity index (χ0n) is 31.2. The lowest BCUT2D eigenvalue weighted by molar-refractivity contribution is 0.660. The number of fused-ring (bicyclic) bond motifs is 9. The molecule has 0 amide bonds. The van der Waals surface area contributed by atoms with Gasteiger partial charge in [0, 0.05) is 38.7 Å². The van der Waals surface area contributed by atoms with Crippen molar-refractivity contribution in [1.82, 2.24) is 0 Å². The van der Waals surface area contributed by atoms with Gasteiger partial charge in [0.1, 0.15) is 11.2 Å². The molecule has 0 saturated carbocycles. The molecule has 2 aliphatic carbocycles. The molecule has 2 aliphatic rings. The van der Waals surface area contributed by atoms with Crippen LogP contribution in [0.5, 0.6) is 0 Å². The van der Waals surface area contributed by atoms with E-state index >= 15 is 0 Å². The van der Waals surface area contributed by atoms with Gasteiger partial charge in [0.25, 0.3) is 0 Å². The van der Waals surface area contributed by atoms with Crippen molar-refractivity contribution in [3.8, 4) is 33.4 Å². The van der Waals surface area contributed by atoms with Gasteiger partial charge in [0.05, 0.1) is 0 Å². The summed E-state index contributed by atoms with van der Waals surface area (Å²) >= 11 is 0. The Morgan fingerprint density at radius 1 is 0.382 bits per heavy atom. The molecule has 2 heteroatoms. The van der Waals surface area contributed by atoms with Gasteiger partial charge < -0.3 is 9.32 Å². The van der Waals surface area contributed by atoms with Crippen molar-refractivity contribution < 1.29 is 4.42 Å². The number of rotatable bonds is 5. The molecular formula is C53H39NO. The monoisotopic (exact) mass is 705 g/mol. The van der Waals surface area contributed by atoms with E-state index in [2.05, 4.69) is 208 Å². The van der Waals surface area contributed by atoms with Gasteiger partial charge in [-0.3, -0.25) is 0 Å². The van der Waals surface area contributed by atoms with Crippen LogP contribution >= 0.6 is 0 Å². The average molecular weight is 706 g/mol. The van der Waals surface area contributed by atoms with E-state index in [0.717, 1.165) is 39.0 Å². The maximum atomic E-state index is 6.69. The maximum absolute atomic E-state index is 6.69. The first-order chi connectivity index (χ1) is 26.9. The molecule has 2 nitrogen and oxygen atoms in total. The van der Waals surface area contributed by atoms with Crippen molar-refractivity contribution in [2.45, 2.75) is 31.6 Å². The highest BCUT2D eigenvalue weighted by atomic mass is 16.3. The SMILES string of the molecule is CC1(C)c2ccccc2-c2ccc(N(c3ccc(-c4ccccc4)cc3)c3ccc4oc5cc(C6(C)c7ccccc7-c7ccccc76)ccc5c4c3)cc21. The molecule has 8 aromatic carbocycles. The van der Waals surface area contributed by atoms with Crippen LogP contribution in [0.15, 0.2) is 186 Å². The predicted molar refractivity (Wildman–Crippen MR) is 229 cm³/mol. The van der Waals surface area contributed by atoms with Crippen LogP contribution in [-0.2, 0) is 10.8 Å². The molecule has 0 radical (unpaired) electrons. The summed E-state index contributed by atoms with van der Waals surface area (Å²) in [5, 5.41) is 2.23. The van der Waals surface area contributed by atoms with Crippen LogP contribution in [0.4, 0.5) is 17.1 Å². The second kappa shape index (κ2) is 11.7. The predicted octanol–water partition coefficient (Wildman–Crippen LogP) is 14.4. The lowest BCUT2D eigenvalue weighted by atomic mass is 9.74. The van der Waals surface area contributed by atoms with E-state index in [4.69, 9.17) is 4.42 Å². The molecule has 0 bridgehead atoms. The van der Waals surface area contributed by atoms with E-state index in [1.807, 2.05) is 0 Å². The lowest BCUT2D eigenvalue weighted by Gasteiger charge is -2.28. The Morgan fingerprint density at radius 2 is 0.927 bits per heavy atom. The van der Waals surface area contributed by atoms with E-state index in [1.165, 1.54) is 61.2 Å². The highest BCUT2D eigenvalue weighted by Crippen LogP contribution is 2.54. The zero-order valence-corrected chi connectivity index (χ0v) is 31.2. The van der Waals surface area contributed by atoms with Crippen molar-refractivity contribution in [2.75, 3.05) is 4.90 Å². The number of benzene rings is 8. The molecule has 11 rings (SSSR count). The summed E-state index contributed by atoms with van der Waals surface area (Å²) in [6.45, 7) is 7.06. The van der Waals surface area contributed by atoms with Gasteiger partial charge in [0.15, 0.2) is 0 Å². The van der Waals surface area contributed by atoms with Crippen molar-refractivity contribution in [1.29, 1.82) is 0 Å². The van der Waals surface area contributed by atoms with Gasteiger partial charge in [-0.2, -0.15) is 0 Å². The average Bonchev–Trinajstić information content (AvgIpc) is 3.82. The number of anilines is 3. The fraction of sp³-hybridized carbons (Fsp3) is 0.0943. The van der Waals surface area contributed by atoms with E-state index in [-0.39, 0.29) is 10.8 Å². The van der Waals surface area contributed by atoms with E-state index in [0.29, 0.717) is 0 Å². The first-order valence-corrected chi connectivity index (χ1v) is 19.3. The second-order valence-electron chi connectivity index (χ2n) is 15.9. The first-order valence-electron chi connectivity index (χ1n) is 19.3. The zero-order chi connectivity index (χ0) is 36.9. The van der Waals surface area contributed by atoms with E-state index < -0.39 is 0 Å². The van der Waals surface area contributed by atoms with Gasteiger partial charge in [-0.1, -0.05) is 147 Å². The first kappa shape index (κ1) is 31.8. The van der Waals surface area contributed by atoms with Gasteiger partial charge >= 0.3 is 0 Å². The molecule has 0 unspecified atom stereocenters. The molecule has 0 aliphatic heterocycles. The van der Waals surface area contributed by atoms with Crippen molar-refractivity contribution in [3.05, 3.63) is 210 Å². The minimum Gasteiger partial charge on any atom is -0.456 e. The third kappa shape index (κ3) is 4.61. The molecule has 1 heterocycles. The summed E-state index contributed by atoms with van der Waals surface area (Å²) in [4.78, 5) is 2.40. The topological polar surface area (TPSA) is 16.4 Å². The third-order valence-electron chi connectivity index (χ3n) is 12.6. The summed E-state index contributed by atoms with van der Waals surface area (Å²) in [6.07, 6.45) is 0. The van der Waals surface area contributed by atoms with E-state index in [9.17, 15) is 0 Å². The van der Waals surface area contributed by atoms with Crippen molar-refractivity contribution >= 4 is 39.0 Å². The van der Waals surface area contributed by atoms with Crippen LogP contribution in [0.1, 0.15) is 48.6 Å². The summed E-state index contributed by atoms with van der Waals surface area (Å²) in [5.41, 5.74) is 19.0. The van der Waals surface area contributed by atoms with Gasteiger partial charge in [-0.15, -0.1) is 0 Å². The van der Waals surface area contributed by atoms with Gasteiger partial charge in [-0.25, -0.2) is 0 Å². The van der Waals surface area contributed by atoms with Crippen LogP contribution in [0.3, 0.4) is 0 Å². The third-order valence-corrected chi connectivity index (χ3v) is 12.6. The highest BCUT2D eigenvalue weighted by Gasteiger charge is 2.41. The molecular weight excluding hydrogens is 667 g/mol. The number of hydrogen-bond acceptors (Lipinski definition) is 2. The molecule has 0 saturated heterocycles. The summed E-state index contributed by atoms with van der Waals surface area (Å²) in [6, 6.07) is 66.6. The molecule has 0 spiro atoms. The fourth-order valence-corrected chi connectivity index (χ4v) is 9.69. The molecule has 262 valence electrons. The quantitative estimate of drug-likeness (QED) is 0.177. The Hall–Kier alpha value is -6.64. The summed E-state index contributed by atoms with van der Waals surface area (Å²) < 4.78 is 6.69. The smallest absolute Gasteiger partial charge is 0.135 e. The Balaban J connectivity index is 1.05. The van der Waals surface area contributed by atoms with Crippen LogP contribution in [0, 0.1) is 0 Å². The number of nitrogens with zero attached hydrogens (tertiary/aromatic N) is 1. The minimum atomic E-state index is -0.283. The Morgan fingerprint density at radius 3 is 1.64 bits per heavy atom. The fourth-order valence-electron chi connectivity index (χ4n) is 9.69. The van der Waals surface area contributed by atoms with Gasteiger partial charge in [-0.05, 0) is 117 Å². The Labute approximate surface area is 322 Å². The van der Waals surface area contributed by atoms with E-state index in [1.54, 1.807) is 0 Å². The summed E-state index contributed by atoms with van der Waals surface area (Å²) in [5.74, 6) is 0. The lowest BCUT2D eigenvalue weighted by Crippen LogP contribution is -2.22. The largest absolute Gasteiger partial charge is 0.456 e. The van der Waals surface area contributed by atoms with Crippen molar-refractivity contribution in [3.63, 3.8) is 0 Å². The molecule has 9 aromatic rings. The molecule has 0 N–H and O–H groups in total. The summed E-state index contributed by atoms with van der Waals surface area (Å²) in [7, 11) is 0. The van der Waals surface area contributed by atoms with Crippen molar-refractivity contribution in [2.24, 2.45) is 0 Å². The highest BCUT2D eigenvalue weighted by molar-refractivity contribution is 6.07. The van der Waals surface area contributed by atoms with Crippen LogP contribution in [-0.4, -0.2) is 0 Å². The Kier molecular flexibility index (Phi) is 6.76. The van der Waals surface area contributed by atoms with Crippen LogP contribution in [0.2, 0.25) is 0 Å². The standard InChI is InChI=1S/C53H39NO/c1-52(2)46-18-10-7-15-40(46)43-29-26-39(33-49(43)52)54(37-24-21-35(22-25-37)34-13-5-4-6-14-34)38-27-30-50-45(32-38)44-28-23-36(31-51(44)55-50)53(3)47-19-11-8-16-41(47)42-17-9-12-20-48(42)53/h4-33H,1-3H3. The molecule has 0 fully saturated rings. The number of furan rings is 1. The normalized spacial score (nSPS) is 14.4. The van der Waals surface area contributed by atoms with Crippen LogP contribution in [0.25, 0.3) is 55.3 Å². The maximum Gasteiger partial charge on any atom is 0.135 e. The second-order valence-corrected chi connectivity index (χ2v) is 15.9. The number of hydrogen-bond donors (Lipinski definition) is 0.